The molecule has 0 amide bonds. The fourth-order valence-corrected chi connectivity index (χ4v) is 3.96. The van der Waals surface area contributed by atoms with Gasteiger partial charge in [0, 0.05) is 11.1 Å². The number of nitrogens with zero attached hydrogens (tertiary/aromatic N) is 1. The standard InChI is InChI=1S/C25H27NO4/c1-3-28-18-9-11-19(12-10-18)29-14-15-30-25(27)24-20-6-4-5-7-22(20)26-23-13-8-17(2)16-21(23)24/h4-7,9-12,17H,3,8,13-16H2,1-2H3/t17-/m0/s1. The van der Waals surface area contributed by atoms with E-state index in [0.29, 0.717) is 24.7 Å². The van der Waals surface area contributed by atoms with Gasteiger partial charge in [-0.2, -0.15) is 0 Å². The van der Waals surface area contributed by atoms with Crippen molar-refractivity contribution in [3.8, 4) is 11.5 Å². The monoisotopic (exact) mass is 405 g/mol. The van der Waals surface area contributed by atoms with E-state index in [-0.39, 0.29) is 12.6 Å². The number of ether oxygens (including phenoxy) is 3. The topological polar surface area (TPSA) is 57.7 Å². The van der Waals surface area contributed by atoms with Crippen molar-refractivity contribution in [2.45, 2.75) is 33.1 Å². The molecule has 0 unspecified atom stereocenters. The molecule has 1 aromatic heterocycles. The summed E-state index contributed by atoms with van der Waals surface area (Å²) in [5, 5.41) is 0.864. The lowest BCUT2D eigenvalue weighted by atomic mass is 9.84. The number of pyridine rings is 1. The summed E-state index contributed by atoms with van der Waals surface area (Å²) in [6.45, 7) is 5.27. The van der Waals surface area contributed by atoms with Gasteiger partial charge in [0.05, 0.1) is 17.7 Å². The van der Waals surface area contributed by atoms with Crippen molar-refractivity contribution in [2.75, 3.05) is 19.8 Å². The fourth-order valence-electron chi connectivity index (χ4n) is 3.96. The Hall–Kier alpha value is -3.08. The highest BCUT2D eigenvalue weighted by Crippen LogP contribution is 2.32. The van der Waals surface area contributed by atoms with E-state index in [2.05, 4.69) is 6.92 Å². The zero-order valence-corrected chi connectivity index (χ0v) is 17.5. The molecule has 0 saturated carbocycles. The number of benzene rings is 2. The lowest BCUT2D eigenvalue weighted by Crippen LogP contribution is -2.20. The van der Waals surface area contributed by atoms with Gasteiger partial charge in [0.25, 0.3) is 0 Å². The van der Waals surface area contributed by atoms with Crippen LogP contribution in [-0.4, -0.2) is 30.8 Å². The Morgan fingerprint density at radius 1 is 1.03 bits per heavy atom. The Morgan fingerprint density at radius 3 is 2.53 bits per heavy atom. The molecule has 1 aliphatic carbocycles. The number of esters is 1. The van der Waals surface area contributed by atoms with E-state index < -0.39 is 0 Å². The number of fused-ring (bicyclic) bond motifs is 2. The summed E-state index contributed by atoms with van der Waals surface area (Å²) in [6.07, 6.45) is 2.87. The number of aryl methyl sites for hydroxylation is 1. The Morgan fingerprint density at radius 2 is 1.77 bits per heavy atom. The maximum absolute atomic E-state index is 13.0. The SMILES string of the molecule is CCOc1ccc(OCCOC(=O)c2c3c(nc4ccccc24)CC[C@H](C)C3)cc1. The Balaban J connectivity index is 1.45. The third kappa shape index (κ3) is 4.40. The van der Waals surface area contributed by atoms with Crippen LogP contribution in [0.2, 0.25) is 0 Å². The van der Waals surface area contributed by atoms with Crippen molar-refractivity contribution in [3.05, 3.63) is 65.4 Å². The van der Waals surface area contributed by atoms with Gasteiger partial charge in [-0.15, -0.1) is 0 Å². The number of carbonyl (C=O) groups excluding carboxylic acids is 1. The molecule has 0 aliphatic heterocycles. The first-order valence-corrected chi connectivity index (χ1v) is 10.6. The molecule has 2 aromatic carbocycles. The van der Waals surface area contributed by atoms with Crippen LogP contribution in [0.1, 0.15) is 41.9 Å². The molecule has 0 N–H and O–H groups in total. The minimum absolute atomic E-state index is 0.188. The summed E-state index contributed by atoms with van der Waals surface area (Å²) in [4.78, 5) is 17.9. The van der Waals surface area contributed by atoms with Gasteiger partial charge in [0.15, 0.2) is 0 Å². The zero-order chi connectivity index (χ0) is 20.9. The molecule has 0 spiro atoms. The van der Waals surface area contributed by atoms with Gasteiger partial charge in [0.1, 0.15) is 24.7 Å². The third-order valence-corrected chi connectivity index (χ3v) is 5.43. The van der Waals surface area contributed by atoms with Crippen molar-refractivity contribution in [2.24, 2.45) is 5.92 Å². The van der Waals surface area contributed by atoms with Crippen LogP contribution in [0, 0.1) is 5.92 Å². The molecule has 0 fully saturated rings. The van der Waals surface area contributed by atoms with Gasteiger partial charge in [0.2, 0.25) is 0 Å². The first-order valence-electron chi connectivity index (χ1n) is 10.6. The van der Waals surface area contributed by atoms with Gasteiger partial charge >= 0.3 is 5.97 Å². The lowest BCUT2D eigenvalue weighted by Gasteiger charge is -2.24. The molecule has 4 rings (SSSR count). The fraction of sp³-hybridized carbons (Fsp3) is 0.360. The molecule has 0 radical (unpaired) electrons. The van der Waals surface area contributed by atoms with Crippen LogP contribution < -0.4 is 9.47 Å². The molecule has 0 bridgehead atoms. The second kappa shape index (κ2) is 9.16. The van der Waals surface area contributed by atoms with Crippen LogP contribution in [0.15, 0.2) is 48.5 Å². The zero-order valence-electron chi connectivity index (χ0n) is 17.5. The van der Waals surface area contributed by atoms with Crippen LogP contribution in [0.3, 0.4) is 0 Å². The van der Waals surface area contributed by atoms with Crippen molar-refractivity contribution >= 4 is 16.9 Å². The van der Waals surface area contributed by atoms with Crippen molar-refractivity contribution in [1.29, 1.82) is 0 Å². The maximum Gasteiger partial charge on any atom is 0.339 e. The van der Waals surface area contributed by atoms with E-state index in [4.69, 9.17) is 19.2 Å². The van der Waals surface area contributed by atoms with Gasteiger partial charge in [-0.25, -0.2) is 4.79 Å². The first-order chi connectivity index (χ1) is 14.7. The largest absolute Gasteiger partial charge is 0.494 e. The first kappa shape index (κ1) is 20.2. The van der Waals surface area contributed by atoms with E-state index in [9.17, 15) is 4.79 Å². The molecule has 1 atom stereocenters. The van der Waals surface area contributed by atoms with Crippen molar-refractivity contribution in [1.82, 2.24) is 4.98 Å². The highest BCUT2D eigenvalue weighted by molar-refractivity contribution is 6.05. The number of aromatic nitrogens is 1. The smallest absolute Gasteiger partial charge is 0.339 e. The van der Waals surface area contributed by atoms with Crippen LogP contribution >= 0.6 is 0 Å². The summed E-state index contributed by atoms with van der Waals surface area (Å²) >= 11 is 0. The average Bonchev–Trinajstić information content (AvgIpc) is 2.76. The molecule has 1 heterocycles. The van der Waals surface area contributed by atoms with Gasteiger partial charge in [-0.3, -0.25) is 4.98 Å². The Labute approximate surface area is 177 Å². The molecule has 5 heteroatoms. The number of para-hydroxylation sites is 1. The third-order valence-electron chi connectivity index (χ3n) is 5.43. The van der Waals surface area contributed by atoms with Crippen LogP contribution in [-0.2, 0) is 17.6 Å². The molecule has 0 saturated heterocycles. The highest BCUT2D eigenvalue weighted by Gasteiger charge is 2.26. The van der Waals surface area contributed by atoms with E-state index in [1.807, 2.05) is 55.5 Å². The summed E-state index contributed by atoms with van der Waals surface area (Å²) in [7, 11) is 0. The Bertz CT molecular complexity index is 1030. The predicted molar refractivity (Wildman–Crippen MR) is 116 cm³/mol. The highest BCUT2D eigenvalue weighted by atomic mass is 16.6. The van der Waals surface area contributed by atoms with Gasteiger partial charge in [-0.1, -0.05) is 25.1 Å². The van der Waals surface area contributed by atoms with Gasteiger partial charge in [-0.05, 0) is 68.0 Å². The molecule has 156 valence electrons. The van der Waals surface area contributed by atoms with E-state index in [1.54, 1.807) is 0 Å². The predicted octanol–water partition coefficient (Wildman–Crippen LogP) is 4.99. The summed E-state index contributed by atoms with van der Waals surface area (Å²) in [5.74, 6) is 1.76. The molecule has 5 nitrogen and oxygen atoms in total. The average molecular weight is 405 g/mol. The minimum Gasteiger partial charge on any atom is -0.494 e. The molecule has 30 heavy (non-hydrogen) atoms. The normalized spacial score (nSPS) is 15.5. The van der Waals surface area contributed by atoms with E-state index >= 15 is 0 Å². The second-order valence-corrected chi connectivity index (χ2v) is 7.67. The lowest BCUT2D eigenvalue weighted by molar-refractivity contribution is 0.0451. The minimum atomic E-state index is -0.297. The van der Waals surface area contributed by atoms with E-state index in [0.717, 1.165) is 52.9 Å². The quantitative estimate of drug-likeness (QED) is 0.409. The maximum atomic E-state index is 13.0. The molecule has 3 aromatic rings. The molecular formula is C25H27NO4. The van der Waals surface area contributed by atoms with Crippen LogP contribution in [0.5, 0.6) is 11.5 Å². The summed E-state index contributed by atoms with van der Waals surface area (Å²) in [5.41, 5.74) is 3.60. The number of rotatable bonds is 7. The number of hydrogen-bond donors (Lipinski definition) is 0. The van der Waals surface area contributed by atoms with Crippen LogP contribution in [0.25, 0.3) is 10.9 Å². The number of hydrogen-bond acceptors (Lipinski definition) is 5. The Kier molecular flexibility index (Phi) is 6.17. The van der Waals surface area contributed by atoms with Gasteiger partial charge < -0.3 is 14.2 Å². The summed E-state index contributed by atoms with van der Waals surface area (Å²) < 4.78 is 16.7. The van der Waals surface area contributed by atoms with Crippen molar-refractivity contribution < 1.29 is 19.0 Å². The van der Waals surface area contributed by atoms with Crippen LogP contribution in [0.4, 0.5) is 0 Å². The van der Waals surface area contributed by atoms with E-state index in [1.165, 1.54) is 0 Å². The van der Waals surface area contributed by atoms with Crippen molar-refractivity contribution in [3.63, 3.8) is 0 Å². The molecule has 1 aliphatic rings. The molecular weight excluding hydrogens is 378 g/mol. The summed E-state index contributed by atoms with van der Waals surface area (Å²) in [6, 6.07) is 15.2. The second-order valence-electron chi connectivity index (χ2n) is 7.67. The number of carbonyl (C=O) groups is 1.